The Morgan fingerprint density at radius 3 is 2.71 bits per heavy atom. The van der Waals surface area contributed by atoms with Crippen LogP contribution >= 0.6 is 0 Å². The van der Waals surface area contributed by atoms with Gasteiger partial charge < -0.3 is 9.84 Å². The van der Waals surface area contributed by atoms with Crippen LogP contribution in [0.25, 0.3) is 0 Å². The van der Waals surface area contributed by atoms with E-state index in [0.29, 0.717) is 0 Å². The van der Waals surface area contributed by atoms with Crippen LogP contribution in [0, 0.1) is 0 Å². The van der Waals surface area contributed by atoms with E-state index < -0.39 is 5.97 Å². The quantitative estimate of drug-likeness (QED) is 0.817. The van der Waals surface area contributed by atoms with Crippen molar-refractivity contribution in [3.8, 4) is 5.75 Å². The number of aliphatic carboxylic acids is 1. The van der Waals surface area contributed by atoms with Crippen molar-refractivity contribution in [1.82, 2.24) is 4.90 Å². The van der Waals surface area contributed by atoms with Crippen LogP contribution in [0.5, 0.6) is 5.75 Å². The Balaban J connectivity index is 2.66. The first kappa shape index (κ1) is 13.5. The molecular formula is C13H19NO3. The molecule has 0 aliphatic rings. The fourth-order valence-electron chi connectivity index (χ4n) is 1.71. The van der Waals surface area contributed by atoms with E-state index in [1.54, 1.807) is 7.11 Å². The minimum Gasteiger partial charge on any atom is -0.496 e. The van der Waals surface area contributed by atoms with Crippen molar-refractivity contribution in [2.45, 2.75) is 19.4 Å². The molecule has 1 rings (SSSR count). The third kappa shape index (κ3) is 4.07. The molecule has 0 saturated carbocycles. The molecule has 0 radical (unpaired) electrons. The first-order valence-corrected chi connectivity index (χ1v) is 5.58. The highest BCUT2D eigenvalue weighted by Gasteiger charge is 2.14. The fourth-order valence-corrected chi connectivity index (χ4v) is 1.71. The van der Waals surface area contributed by atoms with E-state index >= 15 is 0 Å². The zero-order valence-electron chi connectivity index (χ0n) is 10.5. The van der Waals surface area contributed by atoms with Crippen LogP contribution in [-0.2, 0) is 11.2 Å². The first-order valence-electron chi connectivity index (χ1n) is 5.58. The Bertz CT molecular complexity index is 379. The smallest absolute Gasteiger partial charge is 0.317 e. The van der Waals surface area contributed by atoms with Crippen molar-refractivity contribution in [2.24, 2.45) is 0 Å². The summed E-state index contributed by atoms with van der Waals surface area (Å²) in [7, 11) is 3.46. The van der Waals surface area contributed by atoms with E-state index in [4.69, 9.17) is 9.84 Å². The lowest BCUT2D eigenvalue weighted by molar-refractivity contribution is -0.138. The Kier molecular flexibility index (Phi) is 4.97. The van der Waals surface area contributed by atoms with Gasteiger partial charge in [0.25, 0.3) is 0 Å². The van der Waals surface area contributed by atoms with Gasteiger partial charge in [0.05, 0.1) is 13.7 Å². The maximum absolute atomic E-state index is 10.6. The molecule has 0 unspecified atom stereocenters. The van der Waals surface area contributed by atoms with Gasteiger partial charge in [0.2, 0.25) is 0 Å². The number of methoxy groups -OCH3 is 1. The number of carboxylic acid groups (broad SMARTS) is 1. The van der Waals surface area contributed by atoms with E-state index in [9.17, 15) is 4.79 Å². The van der Waals surface area contributed by atoms with Crippen LogP contribution in [0.2, 0.25) is 0 Å². The largest absolute Gasteiger partial charge is 0.496 e. The molecule has 0 amide bonds. The van der Waals surface area contributed by atoms with Gasteiger partial charge in [-0.25, -0.2) is 0 Å². The molecule has 1 N–H and O–H groups in total. The molecule has 0 heterocycles. The van der Waals surface area contributed by atoms with Gasteiger partial charge in [-0.1, -0.05) is 18.2 Å². The highest BCUT2D eigenvalue weighted by Crippen LogP contribution is 2.19. The number of para-hydroxylation sites is 1. The molecule has 1 aromatic carbocycles. The third-order valence-electron chi connectivity index (χ3n) is 2.84. The van der Waals surface area contributed by atoms with Crippen molar-refractivity contribution in [2.75, 3.05) is 20.7 Å². The normalized spacial score (nSPS) is 12.5. The average molecular weight is 237 g/mol. The molecule has 1 aromatic rings. The Labute approximate surface area is 102 Å². The van der Waals surface area contributed by atoms with Crippen molar-refractivity contribution in [3.05, 3.63) is 29.8 Å². The van der Waals surface area contributed by atoms with Gasteiger partial charge in [0, 0.05) is 6.04 Å². The number of likely N-dealkylation sites (N-methyl/N-ethyl adjacent to an activating group) is 1. The molecule has 0 aliphatic carbocycles. The second kappa shape index (κ2) is 6.25. The van der Waals surface area contributed by atoms with Gasteiger partial charge in [0.1, 0.15) is 5.75 Å². The van der Waals surface area contributed by atoms with Crippen molar-refractivity contribution in [3.63, 3.8) is 0 Å². The number of ether oxygens (including phenoxy) is 1. The molecule has 4 nitrogen and oxygen atoms in total. The van der Waals surface area contributed by atoms with E-state index in [1.165, 1.54) is 0 Å². The lowest BCUT2D eigenvalue weighted by atomic mass is 10.1. The second-order valence-corrected chi connectivity index (χ2v) is 4.17. The summed E-state index contributed by atoms with van der Waals surface area (Å²) in [5.41, 5.74) is 1.10. The molecule has 1 atom stereocenters. The van der Waals surface area contributed by atoms with Crippen LogP contribution in [0.1, 0.15) is 12.5 Å². The number of carboxylic acids is 1. The van der Waals surface area contributed by atoms with E-state index in [0.717, 1.165) is 17.7 Å². The molecule has 17 heavy (non-hydrogen) atoms. The Morgan fingerprint density at radius 1 is 1.47 bits per heavy atom. The zero-order chi connectivity index (χ0) is 12.8. The number of hydrogen-bond donors (Lipinski definition) is 1. The monoisotopic (exact) mass is 237 g/mol. The molecule has 0 bridgehead atoms. The number of nitrogens with zero attached hydrogens (tertiary/aromatic N) is 1. The summed E-state index contributed by atoms with van der Waals surface area (Å²) >= 11 is 0. The Hall–Kier alpha value is -1.55. The third-order valence-corrected chi connectivity index (χ3v) is 2.84. The molecule has 0 spiro atoms. The number of rotatable bonds is 6. The molecule has 0 aliphatic heterocycles. The highest BCUT2D eigenvalue weighted by molar-refractivity contribution is 5.69. The standard InChI is InChI=1S/C13H19NO3/c1-10(14(2)9-13(15)16)8-11-6-4-5-7-12(11)17-3/h4-7,10H,8-9H2,1-3H3,(H,15,16)/t10-/m1/s1. The lowest BCUT2D eigenvalue weighted by Gasteiger charge is -2.23. The first-order chi connectivity index (χ1) is 8.04. The van der Waals surface area contributed by atoms with Crippen LogP contribution in [0.3, 0.4) is 0 Å². The van der Waals surface area contributed by atoms with Gasteiger partial charge in [-0.15, -0.1) is 0 Å². The number of benzene rings is 1. The van der Waals surface area contributed by atoms with Crippen molar-refractivity contribution >= 4 is 5.97 Å². The molecule has 94 valence electrons. The van der Waals surface area contributed by atoms with Crippen LogP contribution in [0.15, 0.2) is 24.3 Å². The predicted octanol–water partition coefficient (Wildman–Crippen LogP) is 1.64. The fraction of sp³-hybridized carbons (Fsp3) is 0.462. The summed E-state index contributed by atoms with van der Waals surface area (Å²) < 4.78 is 5.27. The van der Waals surface area contributed by atoms with Crippen LogP contribution < -0.4 is 4.74 Å². The molecule has 0 fully saturated rings. The second-order valence-electron chi connectivity index (χ2n) is 4.17. The van der Waals surface area contributed by atoms with E-state index in [-0.39, 0.29) is 12.6 Å². The minimum absolute atomic E-state index is 0.0519. The molecule has 0 saturated heterocycles. The minimum atomic E-state index is -0.806. The maximum atomic E-state index is 10.6. The summed E-state index contributed by atoms with van der Waals surface area (Å²) in [5.74, 6) is 0.0439. The average Bonchev–Trinajstić information content (AvgIpc) is 2.28. The SMILES string of the molecule is COc1ccccc1C[C@@H](C)N(C)CC(=O)O. The van der Waals surface area contributed by atoms with Crippen molar-refractivity contribution in [1.29, 1.82) is 0 Å². The van der Waals surface area contributed by atoms with Gasteiger partial charge in [-0.05, 0) is 32.0 Å². The van der Waals surface area contributed by atoms with Crippen LogP contribution in [0.4, 0.5) is 0 Å². The Morgan fingerprint density at radius 2 is 2.12 bits per heavy atom. The summed E-state index contributed by atoms with van der Waals surface area (Å²) in [6, 6.07) is 7.96. The summed E-state index contributed by atoms with van der Waals surface area (Å²) in [4.78, 5) is 12.4. The highest BCUT2D eigenvalue weighted by atomic mass is 16.5. The number of hydrogen-bond acceptors (Lipinski definition) is 3. The van der Waals surface area contributed by atoms with Gasteiger partial charge >= 0.3 is 5.97 Å². The molecule has 0 aromatic heterocycles. The van der Waals surface area contributed by atoms with Gasteiger partial charge in [-0.3, -0.25) is 9.69 Å². The van der Waals surface area contributed by atoms with Gasteiger partial charge in [-0.2, -0.15) is 0 Å². The van der Waals surface area contributed by atoms with Gasteiger partial charge in [0.15, 0.2) is 0 Å². The van der Waals surface area contributed by atoms with E-state index in [2.05, 4.69) is 0 Å². The topological polar surface area (TPSA) is 49.8 Å². The molecular weight excluding hydrogens is 218 g/mol. The number of carbonyl (C=O) groups is 1. The predicted molar refractivity (Wildman–Crippen MR) is 66.4 cm³/mol. The van der Waals surface area contributed by atoms with Crippen LogP contribution in [-0.4, -0.2) is 42.7 Å². The summed E-state index contributed by atoms with van der Waals surface area (Å²) in [6.45, 7) is 2.06. The molecule has 4 heteroatoms. The summed E-state index contributed by atoms with van der Waals surface area (Å²) in [6.07, 6.45) is 0.772. The van der Waals surface area contributed by atoms with Crippen molar-refractivity contribution < 1.29 is 14.6 Å². The maximum Gasteiger partial charge on any atom is 0.317 e. The lowest BCUT2D eigenvalue weighted by Crippen LogP contribution is -2.35. The zero-order valence-corrected chi connectivity index (χ0v) is 10.5. The van der Waals surface area contributed by atoms with E-state index in [1.807, 2.05) is 43.1 Å². The summed E-state index contributed by atoms with van der Waals surface area (Å²) in [5, 5.41) is 8.73.